The number of unbranched alkanes of at least 4 members (excludes halogenated alkanes) is 12. The summed E-state index contributed by atoms with van der Waals surface area (Å²) < 4.78 is 6.14. The maximum absolute atomic E-state index is 2.50. The lowest BCUT2D eigenvalue weighted by Gasteiger charge is -2.04. The molecule has 0 unspecified atom stereocenters. The van der Waals surface area contributed by atoms with E-state index in [1.54, 1.807) is 25.4 Å². The number of hydrogen-bond donors (Lipinski definition) is 0. The van der Waals surface area contributed by atoms with Gasteiger partial charge in [0.2, 0.25) is 0 Å². The minimum atomic E-state index is 1.25. The molecule has 34 heavy (non-hydrogen) atoms. The molecule has 0 amide bonds. The Labute approximate surface area is 223 Å². The Bertz CT molecular complexity index is 1110. The molecular formula is C30H42S4. The molecule has 0 aliphatic heterocycles. The largest absolute Gasteiger partial charge is 0.143 e. The van der Waals surface area contributed by atoms with Gasteiger partial charge < -0.3 is 0 Å². The van der Waals surface area contributed by atoms with Crippen molar-refractivity contribution in [3.8, 4) is 9.75 Å². The molecule has 0 aromatic carbocycles. The lowest BCUT2D eigenvalue weighted by Crippen LogP contribution is -1.87. The molecule has 4 rings (SSSR count). The van der Waals surface area contributed by atoms with Crippen LogP contribution in [0.1, 0.15) is 115 Å². The van der Waals surface area contributed by atoms with Gasteiger partial charge in [0.1, 0.15) is 0 Å². The van der Waals surface area contributed by atoms with E-state index < -0.39 is 0 Å². The first-order valence-corrected chi connectivity index (χ1v) is 17.2. The molecule has 0 atom stereocenters. The molecule has 4 aromatic heterocycles. The smallest absolute Gasteiger partial charge is 0.0496 e. The first-order chi connectivity index (χ1) is 16.8. The third-order valence-corrected chi connectivity index (χ3v) is 11.8. The van der Waals surface area contributed by atoms with Crippen LogP contribution in [-0.4, -0.2) is 0 Å². The zero-order chi connectivity index (χ0) is 23.6. The Morgan fingerprint density at radius 2 is 1.26 bits per heavy atom. The van der Waals surface area contributed by atoms with Gasteiger partial charge in [-0.2, -0.15) is 0 Å². The highest BCUT2D eigenvalue weighted by Gasteiger charge is 2.18. The zero-order valence-corrected chi connectivity index (χ0v) is 24.5. The van der Waals surface area contributed by atoms with Crippen molar-refractivity contribution in [1.82, 2.24) is 0 Å². The van der Waals surface area contributed by atoms with Crippen LogP contribution in [0.15, 0.2) is 22.9 Å². The van der Waals surface area contributed by atoms with E-state index >= 15 is 0 Å². The molecule has 4 heteroatoms. The Balaban J connectivity index is 1.38. The summed E-state index contributed by atoms with van der Waals surface area (Å²) in [5.41, 5.74) is 3.25. The van der Waals surface area contributed by atoms with Crippen molar-refractivity contribution in [3.05, 3.63) is 34.0 Å². The van der Waals surface area contributed by atoms with Crippen LogP contribution in [0.25, 0.3) is 28.6 Å². The average Bonchev–Trinajstić information content (AvgIpc) is 3.60. The van der Waals surface area contributed by atoms with Gasteiger partial charge in [0.05, 0.1) is 0 Å². The second kappa shape index (κ2) is 14.2. The summed E-state index contributed by atoms with van der Waals surface area (Å²) in [6, 6.07) is 4.84. The third-order valence-electron chi connectivity index (χ3n) is 7.01. The van der Waals surface area contributed by atoms with E-state index in [2.05, 4.69) is 48.1 Å². The fraction of sp³-hybridized carbons (Fsp3) is 0.600. The lowest BCUT2D eigenvalue weighted by atomic mass is 10.0. The van der Waals surface area contributed by atoms with Gasteiger partial charge in [0, 0.05) is 28.6 Å². The summed E-state index contributed by atoms with van der Waals surface area (Å²) in [5, 5.41) is 4.72. The van der Waals surface area contributed by atoms with Crippen LogP contribution in [0.3, 0.4) is 0 Å². The second-order valence-corrected chi connectivity index (χ2v) is 13.8. The molecule has 0 radical (unpaired) electrons. The van der Waals surface area contributed by atoms with Crippen molar-refractivity contribution >= 4 is 64.1 Å². The predicted octanol–water partition coefficient (Wildman–Crippen LogP) is 12.5. The highest BCUT2D eigenvalue weighted by atomic mass is 32.1. The summed E-state index contributed by atoms with van der Waals surface area (Å²) in [6.45, 7) is 4.60. The van der Waals surface area contributed by atoms with Crippen molar-refractivity contribution in [2.45, 2.75) is 117 Å². The van der Waals surface area contributed by atoms with Crippen LogP contribution in [0, 0.1) is 0 Å². The molecule has 0 aliphatic rings. The number of hydrogen-bond acceptors (Lipinski definition) is 4. The quantitative estimate of drug-likeness (QED) is 0.119. The van der Waals surface area contributed by atoms with Crippen LogP contribution in [-0.2, 0) is 12.8 Å². The van der Waals surface area contributed by atoms with Gasteiger partial charge in [-0.25, -0.2) is 0 Å². The number of fused-ring (bicyclic) bond motifs is 2. The fourth-order valence-electron chi connectivity index (χ4n) is 4.99. The van der Waals surface area contributed by atoms with Crippen LogP contribution in [0.2, 0.25) is 0 Å². The molecular weight excluding hydrogens is 489 g/mol. The van der Waals surface area contributed by atoms with Gasteiger partial charge in [0.25, 0.3) is 0 Å². The minimum absolute atomic E-state index is 1.25. The summed E-state index contributed by atoms with van der Waals surface area (Å²) in [6.07, 6.45) is 22.0. The monoisotopic (exact) mass is 530 g/mol. The Morgan fingerprint density at radius 1 is 0.618 bits per heavy atom. The molecule has 4 aromatic rings. The topological polar surface area (TPSA) is 0 Å². The summed E-state index contributed by atoms with van der Waals surface area (Å²) in [4.78, 5) is 3.09. The van der Waals surface area contributed by atoms with Gasteiger partial charge in [-0.15, -0.1) is 45.3 Å². The number of aryl methyl sites for hydroxylation is 2. The van der Waals surface area contributed by atoms with Crippen LogP contribution >= 0.6 is 45.3 Å². The van der Waals surface area contributed by atoms with Crippen LogP contribution in [0.4, 0.5) is 0 Å². The molecule has 4 heterocycles. The van der Waals surface area contributed by atoms with Gasteiger partial charge in [-0.3, -0.25) is 0 Å². The van der Waals surface area contributed by atoms with Crippen LogP contribution < -0.4 is 0 Å². The minimum Gasteiger partial charge on any atom is -0.143 e. The van der Waals surface area contributed by atoms with E-state index in [1.807, 2.05) is 34.0 Å². The SMILES string of the molecule is CCCCCCCCCc1csc2cc(-c3sc4ccsc4c3CCCCCCCCC)sc12. The summed E-state index contributed by atoms with van der Waals surface area (Å²) >= 11 is 8.03. The van der Waals surface area contributed by atoms with Crippen LogP contribution in [0.5, 0.6) is 0 Å². The van der Waals surface area contributed by atoms with Crippen molar-refractivity contribution in [2.24, 2.45) is 0 Å². The second-order valence-electron chi connectivity index (χ2n) is 9.83. The van der Waals surface area contributed by atoms with E-state index in [9.17, 15) is 0 Å². The van der Waals surface area contributed by atoms with Gasteiger partial charge in [0.15, 0.2) is 0 Å². The summed E-state index contributed by atoms with van der Waals surface area (Å²) in [5.74, 6) is 0. The first-order valence-electron chi connectivity index (χ1n) is 13.8. The first kappa shape index (κ1) is 26.4. The molecule has 0 aliphatic carbocycles. The van der Waals surface area contributed by atoms with E-state index in [-0.39, 0.29) is 0 Å². The maximum Gasteiger partial charge on any atom is 0.0496 e. The van der Waals surface area contributed by atoms with Gasteiger partial charge >= 0.3 is 0 Å². The molecule has 0 spiro atoms. The molecule has 0 saturated carbocycles. The fourth-order valence-corrected chi connectivity index (χ4v) is 10.00. The molecule has 0 fully saturated rings. The predicted molar refractivity (Wildman–Crippen MR) is 162 cm³/mol. The van der Waals surface area contributed by atoms with E-state index in [4.69, 9.17) is 0 Å². The standard InChI is InChI=1S/C30H42S4/c1-3-5-7-9-11-13-15-17-23-22-32-26-21-27(34-28(23)26)30-24(29-25(33-30)19-20-31-29)18-16-14-12-10-8-6-4-2/h19-22H,3-18H2,1-2H3. The lowest BCUT2D eigenvalue weighted by molar-refractivity contribution is 0.590. The van der Waals surface area contributed by atoms with Crippen molar-refractivity contribution in [3.63, 3.8) is 0 Å². The van der Waals surface area contributed by atoms with E-state index in [0.29, 0.717) is 0 Å². The Hall–Kier alpha value is -0.680. The van der Waals surface area contributed by atoms with Crippen molar-refractivity contribution < 1.29 is 0 Å². The number of thiophene rings is 4. The Morgan fingerprint density at radius 3 is 1.97 bits per heavy atom. The molecule has 186 valence electrons. The summed E-state index contributed by atoms with van der Waals surface area (Å²) in [7, 11) is 0. The molecule has 0 N–H and O–H groups in total. The van der Waals surface area contributed by atoms with Crippen molar-refractivity contribution in [2.75, 3.05) is 0 Å². The van der Waals surface area contributed by atoms with E-state index in [0.717, 1.165) is 0 Å². The molecule has 0 bridgehead atoms. The van der Waals surface area contributed by atoms with Crippen molar-refractivity contribution in [1.29, 1.82) is 0 Å². The Kier molecular flexibility index (Phi) is 11.0. The highest BCUT2D eigenvalue weighted by Crippen LogP contribution is 2.47. The van der Waals surface area contributed by atoms with Gasteiger partial charge in [-0.05, 0) is 59.7 Å². The maximum atomic E-state index is 2.50. The average molecular weight is 531 g/mol. The molecule has 0 saturated heterocycles. The highest BCUT2D eigenvalue weighted by molar-refractivity contribution is 7.33. The van der Waals surface area contributed by atoms with Gasteiger partial charge in [-0.1, -0.05) is 90.9 Å². The molecule has 0 nitrogen and oxygen atoms in total. The third kappa shape index (κ3) is 6.96. The zero-order valence-electron chi connectivity index (χ0n) is 21.3. The van der Waals surface area contributed by atoms with E-state index in [1.165, 1.54) is 117 Å². The number of rotatable bonds is 17. The normalized spacial score (nSPS) is 11.9.